The zero-order chi connectivity index (χ0) is 20.8. The smallest absolute Gasteiger partial charge is 0.255 e. The summed E-state index contributed by atoms with van der Waals surface area (Å²) in [5.41, 5.74) is 2.98. The number of carbonyl (C=O) groups excluding carboxylic acids is 1. The van der Waals surface area contributed by atoms with E-state index in [0.717, 1.165) is 17.0 Å². The van der Waals surface area contributed by atoms with Crippen LogP contribution in [0.4, 0.5) is 11.4 Å². The van der Waals surface area contributed by atoms with E-state index in [1.165, 1.54) is 0 Å². The van der Waals surface area contributed by atoms with Crippen LogP contribution in [0, 0.1) is 0 Å². The molecule has 1 heterocycles. The van der Waals surface area contributed by atoms with Gasteiger partial charge in [0.05, 0.1) is 13.7 Å². The topological polar surface area (TPSA) is 89.3 Å². The van der Waals surface area contributed by atoms with Crippen molar-refractivity contribution in [3.63, 3.8) is 0 Å². The van der Waals surface area contributed by atoms with Gasteiger partial charge >= 0.3 is 0 Å². The van der Waals surface area contributed by atoms with Crippen LogP contribution >= 0.6 is 0 Å². The number of methoxy groups -OCH3 is 1. The molecule has 0 unspecified atom stereocenters. The normalized spacial score (nSPS) is 10.4. The summed E-state index contributed by atoms with van der Waals surface area (Å²) >= 11 is 0. The second-order valence-corrected chi connectivity index (χ2v) is 6.48. The Bertz CT molecular complexity index is 1110. The second kappa shape index (κ2) is 8.91. The lowest BCUT2D eigenvalue weighted by molar-refractivity contribution is 0.102. The van der Waals surface area contributed by atoms with Gasteiger partial charge in [-0.1, -0.05) is 18.2 Å². The number of nitrogens with one attached hydrogen (secondary N) is 2. The third-order valence-corrected chi connectivity index (χ3v) is 4.43. The summed E-state index contributed by atoms with van der Waals surface area (Å²) in [5.74, 6) is 1.52. The van der Waals surface area contributed by atoms with Crippen LogP contribution in [-0.4, -0.2) is 23.2 Å². The van der Waals surface area contributed by atoms with Gasteiger partial charge in [-0.3, -0.25) is 4.79 Å². The van der Waals surface area contributed by atoms with Gasteiger partial charge in [-0.05, 0) is 60.7 Å². The molecule has 0 fully saturated rings. The van der Waals surface area contributed by atoms with E-state index in [4.69, 9.17) is 9.15 Å². The molecule has 2 N–H and O–H groups in total. The molecule has 4 aromatic rings. The third-order valence-electron chi connectivity index (χ3n) is 4.43. The lowest BCUT2D eigenvalue weighted by Gasteiger charge is -2.08. The summed E-state index contributed by atoms with van der Waals surface area (Å²) in [6, 6.07) is 24.0. The van der Waals surface area contributed by atoms with Crippen LogP contribution < -0.4 is 15.4 Å². The molecule has 0 aliphatic heterocycles. The minimum Gasteiger partial charge on any atom is -0.497 e. The summed E-state index contributed by atoms with van der Waals surface area (Å²) in [6.45, 7) is 0.386. The average molecular weight is 400 g/mol. The summed E-state index contributed by atoms with van der Waals surface area (Å²) < 4.78 is 10.8. The van der Waals surface area contributed by atoms with Crippen LogP contribution in [0.5, 0.6) is 5.75 Å². The number of hydrogen-bond acceptors (Lipinski definition) is 6. The van der Waals surface area contributed by atoms with Gasteiger partial charge in [0.1, 0.15) is 5.75 Å². The molecule has 0 aliphatic rings. The maximum absolute atomic E-state index is 12.4. The third kappa shape index (κ3) is 4.64. The Hall–Kier alpha value is -4.13. The van der Waals surface area contributed by atoms with Gasteiger partial charge in [0.15, 0.2) is 0 Å². The van der Waals surface area contributed by atoms with Crippen LogP contribution in [0.2, 0.25) is 0 Å². The SMILES string of the molecule is COc1ccc(NC(=O)c2ccc(NCc3nnc(-c4ccccc4)o3)cc2)cc1. The summed E-state index contributed by atoms with van der Waals surface area (Å²) in [6.07, 6.45) is 0. The standard InChI is InChI=1S/C23H20N4O3/c1-29-20-13-11-19(12-14-20)25-22(28)16-7-9-18(10-8-16)24-15-21-26-27-23(30-21)17-5-3-2-4-6-17/h2-14,24H,15H2,1H3,(H,25,28). The lowest BCUT2D eigenvalue weighted by Crippen LogP contribution is -2.11. The molecule has 30 heavy (non-hydrogen) atoms. The Balaban J connectivity index is 1.33. The maximum Gasteiger partial charge on any atom is 0.255 e. The molecule has 3 aromatic carbocycles. The predicted octanol–water partition coefficient (Wildman–Crippen LogP) is 4.61. The van der Waals surface area contributed by atoms with E-state index in [1.54, 1.807) is 43.5 Å². The average Bonchev–Trinajstić information content (AvgIpc) is 3.28. The van der Waals surface area contributed by atoms with Crippen molar-refractivity contribution in [3.05, 3.63) is 90.3 Å². The highest BCUT2D eigenvalue weighted by molar-refractivity contribution is 6.04. The molecule has 7 heteroatoms. The minimum absolute atomic E-state index is 0.184. The monoisotopic (exact) mass is 400 g/mol. The van der Waals surface area contributed by atoms with Crippen LogP contribution in [0.25, 0.3) is 11.5 Å². The Morgan fingerprint density at radius 2 is 1.60 bits per heavy atom. The molecule has 1 amide bonds. The van der Waals surface area contributed by atoms with Crippen LogP contribution in [0.15, 0.2) is 83.3 Å². The number of hydrogen-bond donors (Lipinski definition) is 2. The first-order valence-electron chi connectivity index (χ1n) is 9.38. The van der Waals surface area contributed by atoms with Crippen molar-refractivity contribution in [1.29, 1.82) is 0 Å². The zero-order valence-electron chi connectivity index (χ0n) is 16.3. The maximum atomic E-state index is 12.4. The summed E-state index contributed by atoms with van der Waals surface area (Å²) in [7, 11) is 1.60. The van der Waals surface area contributed by atoms with Gasteiger partial charge in [0.2, 0.25) is 11.8 Å². The van der Waals surface area contributed by atoms with E-state index in [0.29, 0.717) is 29.6 Å². The number of rotatable bonds is 7. The molecule has 0 bridgehead atoms. The number of amides is 1. The first-order valence-corrected chi connectivity index (χ1v) is 9.38. The molecule has 0 saturated heterocycles. The van der Waals surface area contributed by atoms with Gasteiger partial charge in [-0.25, -0.2) is 0 Å². The largest absolute Gasteiger partial charge is 0.497 e. The fourth-order valence-electron chi connectivity index (χ4n) is 2.82. The number of carbonyl (C=O) groups is 1. The van der Waals surface area contributed by atoms with E-state index in [9.17, 15) is 4.79 Å². The number of aromatic nitrogens is 2. The number of ether oxygens (including phenoxy) is 1. The van der Waals surface area contributed by atoms with Gasteiger partial charge in [-0.2, -0.15) is 0 Å². The molecule has 4 rings (SSSR count). The van der Waals surface area contributed by atoms with E-state index < -0.39 is 0 Å². The van der Waals surface area contributed by atoms with E-state index in [1.807, 2.05) is 42.5 Å². The number of nitrogens with zero attached hydrogens (tertiary/aromatic N) is 2. The fourth-order valence-corrected chi connectivity index (χ4v) is 2.82. The van der Waals surface area contributed by atoms with Crippen molar-refractivity contribution in [2.75, 3.05) is 17.7 Å². The molecule has 1 aromatic heterocycles. The molecule has 0 spiro atoms. The Labute approximate surface area is 173 Å². The highest BCUT2D eigenvalue weighted by Crippen LogP contribution is 2.19. The van der Waals surface area contributed by atoms with Crippen molar-refractivity contribution in [2.45, 2.75) is 6.54 Å². The molecule has 0 radical (unpaired) electrons. The van der Waals surface area contributed by atoms with Crippen molar-refractivity contribution in [3.8, 4) is 17.2 Å². The van der Waals surface area contributed by atoms with Crippen LogP contribution in [0.1, 0.15) is 16.2 Å². The van der Waals surface area contributed by atoms with E-state index in [-0.39, 0.29) is 5.91 Å². The van der Waals surface area contributed by atoms with Crippen molar-refractivity contribution >= 4 is 17.3 Å². The van der Waals surface area contributed by atoms with E-state index >= 15 is 0 Å². The zero-order valence-corrected chi connectivity index (χ0v) is 16.3. The molecular weight excluding hydrogens is 380 g/mol. The number of anilines is 2. The van der Waals surface area contributed by atoms with Gasteiger partial charge in [0, 0.05) is 22.5 Å². The van der Waals surface area contributed by atoms with Gasteiger partial charge < -0.3 is 19.8 Å². The van der Waals surface area contributed by atoms with Gasteiger partial charge in [-0.15, -0.1) is 10.2 Å². The first-order chi connectivity index (χ1) is 14.7. The molecule has 0 aliphatic carbocycles. The molecule has 7 nitrogen and oxygen atoms in total. The highest BCUT2D eigenvalue weighted by Gasteiger charge is 2.09. The summed E-state index contributed by atoms with van der Waals surface area (Å²) in [5, 5.41) is 14.2. The van der Waals surface area contributed by atoms with Crippen molar-refractivity contribution in [1.82, 2.24) is 10.2 Å². The minimum atomic E-state index is -0.184. The van der Waals surface area contributed by atoms with Crippen LogP contribution in [-0.2, 0) is 6.54 Å². The Kier molecular flexibility index (Phi) is 5.70. The van der Waals surface area contributed by atoms with E-state index in [2.05, 4.69) is 20.8 Å². The Morgan fingerprint density at radius 3 is 2.30 bits per heavy atom. The van der Waals surface area contributed by atoms with Crippen molar-refractivity contribution in [2.24, 2.45) is 0 Å². The quantitative estimate of drug-likeness (QED) is 0.471. The summed E-state index contributed by atoms with van der Waals surface area (Å²) in [4.78, 5) is 12.4. The van der Waals surface area contributed by atoms with Gasteiger partial charge in [0.25, 0.3) is 5.91 Å². The fraction of sp³-hybridized carbons (Fsp3) is 0.0870. The van der Waals surface area contributed by atoms with Crippen molar-refractivity contribution < 1.29 is 13.9 Å². The second-order valence-electron chi connectivity index (χ2n) is 6.48. The number of benzene rings is 3. The Morgan fingerprint density at radius 1 is 0.900 bits per heavy atom. The van der Waals surface area contributed by atoms with Crippen LogP contribution in [0.3, 0.4) is 0 Å². The molecule has 0 saturated carbocycles. The first kappa shape index (κ1) is 19.2. The predicted molar refractivity (Wildman–Crippen MR) is 114 cm³/mol. The lowest BCUT2D eigenvalue weighted by atomic mass is 10.2. The molecule has 0 atom stereocenters. The molecular formula is C23H20N4O3. The molecule has 150 valence electrons. The highest BCUT2D eigenvalue weighted by atomic mass is 16.5.